The molecule has 1 atom stereocenters. The van der Waals surface area contributed by atoms with Crippen LogP contribution in [0.1, 0.15) is 39.2 Å². The van der Waals surface area contributed by atoms with Crippen molar-refractivity contribution in [3.05, 3.63) is 54.1 Å². The average molecular weight is 264 g/mol. The van der Waals surface area contributed by atoms with Gasteiger partial charge in [-0.25, -0.2) is 0 Å². The summed E-state index contributed by atoms with van der Waals surface area (Å²) in [4.78, 5) is 0. The summed E-state index contributed by atoms with van der Waals surface area (Å²) in [6.07, 6.45) is 6.82. The van der Waals surface area contributed by atoms with E-state index in [9.17, 15) is 0 Å². The number of hydrogen-bond donors (Lipinski definition) is 0. The zero-order chi connectivity index (χ0) is 14.1. The summed E-state index contributed by atoms with van der Waals surface area (Å²) < 4.78 is 2.52. The molecule has 0 spiro atoms. The first kappa shape index (κ1) is 13.1. The van der Waals surface area contributed by atoms with E-state index in [0.717, 1.165) is 0 Å². The highest BCUT2D eigenvalue weighted by molar-refractivity contribution is 6.19. The van der Waals surface area contributed by atoms with E-state index in [0.29, 0.717) is 6.04 Å². The Kier molecular flexibility index (Phi) is 3.43. The fraction of sp³-hybridized carbons (Fsp3) is 0.316. The maximum atomic E-state index is 2.52. The first-order valence-electron chi connectivity index (χ1n) is 7.59. The van der Waals surface area contributed by atoms with E-state index in [4.69, 9.17) is 0 Å². The van der Waals surface area contributed by atoms with Crippen LogP contribution in [0.4, 0.5) is 5.69 Å². The van der Waals surface area contributed by atoms with Gasteiger partial charge in [-0.15, -0.1) is 0 Å². The molecule has 1 aliphatic heterocycles. The topological polar surface area (TPSA) is 3.01 Å². The van der Waals surface area contributed by atoms with Gasteiger partial charge in [0.25, 0.3) is 0 Å². The molecule has 0 aromatic heterocycles. The molecule has 0 radical (unpaired) electrons. The van der Waals surface area contributed by atoms with Gasteiger partial charge in [-0.05, 0) is 31.7 Å². The molecular formula is C19H22N+. The van der Waals surface area contributed by atoms with Crippen LogP contribution in [0.15, 0.2) is 48.6 Å². The third kappa shape index (κ3) is 1.89. The summed E-state index contributed by atoms with van der Waals surface area (Å²) >= 11 is 0. The number of nitrogens with zero attached hydrogens (tertiary/aromatic N) is 1. The van der Waals surface area contributed by atoms with E-state index >= 15 is 0 Å². The van der Waals surface area contributed by atoms with Crippen LogP contribution >= 0.6 is 0 Å². The fourth-order valence-corrected chi connectivity index (χ4v) is 3.34. The summed E-state index contributed by atoms with van der Waals surface area (Å²) in [6.45, 7) is 6.69. The monoisotopic (exact) mass is 264 g/mol. The molecule has 1 nitrogen and oxygen atoms in total. The van der Waals surface area contributed by atoms with Gasteiger partial charge in [-0.1, -0.05) is 37.3 Å². The van der Waals surface area contributed by atoms with Crippen LogP contribution in [-0.2, 0) is 0 Å². The third-order valence-electron chi connectivity index (χ3n) is 4.15. The highest BCUT2D eigenvalue weighted by Gasteiger charge is 2.33. The van der Waals surface area contributed by atoms with Crippen LogP contribution in [0.25, 0.3) is 10.8 Å². The predicted octanol–water partition coefficient (Wildman–Crippen LogP) is 5.05. The Bertz CT molecular complexity index is 702. The molecule has 0 fully saturated rings. The van der Waals surface area contributed by atoms with Gasteiger partial charge in [-0.3, -0.25) is 0 Å². The van der Waals surface area contributed by atoms with Gasteiger partial charge >= 0.3 is 0 Å². The Morgan fingerprint density at radius 1 is 1.15 bits per heavy atom. The Morgan fingerprint density at radius 2 is 1.90 bits per heavy atom. The fourth-order valence-electron chi connectivity index (χ4n) is 3.34. The number of allylic oxidation sites excluding steroid dienone is 2. The molecule has 0 saturated carbocycles. The quantitative estimate of drug-likeness (QED) is 0.680. The van der Waals surface area contributed by atoms with Gasteiger partial charge in [0.05, 0.1) is 10.9 Å². The summed E-state index contributed by atoms with van der Waals surface area (Å²) in [5.74, 6) is 0. The summed E-state index contributed by atoms with van der Waals surface area (Å²) in [6, 6.07) is 13.8. The molecule has 1 aliphatic rings. The van der Waals surface area contributed by atoms with Crippen LogP contribution in [0.5, 0.6) is 0 Å². The molecule has 2 aromatic rings. The molecule has 3 rings (SSSR count). The minimum Gasteiger partial charge on any atom is -0.189 e. The lowest BCUT2D eigenvalue weighted by Gasteiger charge is -2.09. The lowest BCUT2D eigenvalue weighted by molar-refractivity contribution is -0.476. The third-order valence-corrected chi connectivity index (χ3v) is 4.15. The second-order valence-corrected chi connectivity index (χ2v) is 5.57. The molecule has 0 amide bonds. The zero-order valence-corrected chi connectivity index (χ0v) is 12.6. The normalized spacial score (nSPS) is 15.6. The first-order valence-corrected chi connectivity index (χ1v) is 7.59. The maximum absolute atomic E-state index is 2.52. The Labute approximate surface area is 121 Å². The van der Waals surface area contributed by atoms with Crippen LogP contribution in [0, 0.1) is 0 Å². The van der Waals surface area contributed by atoms with Gasteiger partial charge in [0.1, 0.15) is 0 Å². The van der Waals surface area contributed by atoms with E-state index in [2.05, 4.69) is 73.9 Å². The van der Waals surface area contributed by atoms with E-state index < -0.39 is 0 Å². The molecule has 0 bridgehead atoms. The van der Waals surface area contributed by atoms with Crippen molar-refractivity contribution in [2.75, 3.05) is 0 Å². The Balaban J connectivity index is 2.29. The van der Waals surface area contributed by atoms with Crippen LogP contribution in [-0.4, -0.2) is 16.3 Å². The average Bonchev–Trinajstić information content (AvgIpc) is 2.77. The van der Waals surface area contributed by atoms with Crippen LogP contribution < -0.4 is 0 Å². The summed E-state index contributed by atoms with van der Waals surface area (Å²) in [5, 5.41) is 2.75. The van der Waals surface area contributed by atoms with Crippen molar-refractivity contribution in [3.8, 4) is 0 Å². The number of hydrogen-bond acceptors (Lipinski definition) is 0. The van der Waals surface area contributed by atoms with Gasteiger partial charge in [0.15, 0.2) is 6.04 Å². The van der Waals surface area contributed by atoms with Crippen molar-refractivity contribution in [1.82, 2.24) is 0 Å². The Hall–Kier alpha value is -1.89. The second-order valence-electron chi connectivity index (χ2n) is 5.57. The predicted molar refractivity (Wildman–Crippen MR) is 87.2 cm³/mol. The smallest absolute Gasteiger partial charge is 0.189 e. The highest BCUT2D eigenvalue weighted by Crippen LogP contribution is 2.37. The van der Waals surface area contributed by atoms with Gasteiger partial charge in [-0.2, -0.15) is 4.58 Å². The minimum absolute atomic E-state index is 0.532. The Morgan fingerprint density at radius 3 is 2.60 bits per heavy atom. The van der Waals surface area contributed by atoms with Crippen molar-refractivity contribution >= 4 is 22.2 Å². The number of rotatable bonds is 4. The SMILES string of the molecule is C/C=C/C1=[N+](C(C)CCC)c2cccc3cccc1c23. The maximum Gasteiger partial charge on any atom is 0.214 e. The van der Waals surface area contributed by atoms with Crippen molar-refractivity contribution < 1.29 is 4.58 Å². The van der Waals surface area contributed by atoms with E-state index in [1.165, 1.54) is 40.6 Å². The minimum atomic E-state index is 0.532. The molecule has 1 heteroatoms. The van der Waals surface area contributed by atoms with Crippen molar-refractivity contribution in [1.29, 1.82) is 0 Å². The first-order chi connectivity index (χ1) is 9.77. The van der Waals surface area contributed by atoms with Gasteiger partial charge < -0.3 is 0 Å². The molecule has 20 heavy (non-hydrogen) atoms. The van der Waals surface area contributed by atoms with Gasteiger partial charge in [0, 0.05) is 18.6 Å². The van der Waals surface area contributed by atoms with Crippen LogP contribution in [0.3, 0.4) is 0 Å². The summed E-state index contributed by atoms with van der Waals surface area (Å²) in [5.41, 5.74) is 4.09. The molecule has 102 valence electrons. The second kappa shape index (κ2) is 5.24. The van der Waals surface area contributed by atoms with Crippen molar-refractivity contribution in [3.63, 3.8) is 0 Å². The number of benzene rings is 2. The van der Waals surface area contributed by atoms with E-state index in [1.807, 2.05) is 0 Å². The van der Waals surface area contributed by atoms with E-state index in [1.54, 1.807) is 0 Å². The van der Waals surface area contributed by atoms with E-state index in [-0.39, 0.29) is 0 Å². The van der Waals surface area contributed by atoms with Gasteiger partial charge in [0.2, 0.25) is 11.4 Å². The molecule has 1 heterocycles. The molecule has 1 unspecified atom stereocenters. The molecule has 0 N–H and O–H groups in total. The van der Waals surface area contributed by atoms with Crippen molar-refractivity contribution in [2.45, 2.75) is 39.7 Å². The van der Waals surface area contributed by atoms with Crippen LogP contribution in [0.2, 0.25) is 0 Å². The lowest BCUT2D eigenvalue weighted by Crippen LogP contribution is -2.22. The molecule has 2 aromatic carbocycles. The largest absolute Gasteiger partial charge is 0.214 e. The highest BCUT2D eigenvalue weighted by atomic mass is 15.1. The summed E-state index contributed by atoms with van der Waals surface area (Å²) in [7, 11) is 0. The zero-order valence-electron chi connectivity index (χ0n) is 12.6. The molecule has 0 aliphatic carbocycles. The standard InChI is InChI=1S/C19H22N/c1-4-8-14(3)20-17(9-5-2)16-12-6-10-15-11-7-13-18(20)19(15)16/h5-7,9-14H,4,8H2,1-3H3/q+1/b9-5+. The van der Waals surface area contributed by atoms with Crippen molar-refractivity contribution in [2.24, 2.45) is 0 Å². The molecular weight excluding hydrogens is 242 g/mol. The molecule has 0 saturated heterocycles. The lowest BCUT2D eigenvalue weighted by atomic mass is 10.0.